The predicted molar refractivity (Wildman–Crippen MR) is 112 cm³/mol. The maximum atomic E-state index is 11.0. The Labute approximate surface area is 182 Å². The summed E-state index contributed by atoms with van der Waals surface area (Å²) >= 11 is -0.826. The van der Waals surface area contributed by atoms with Crippen LogP contribution in [-0.4, -0.2) is 17.9 Å². The summed E-state index contributed by atoms with van der Waals surface area (Å²) in [7, 11) is 9.87. The van der Waals surface area contributed by atoms with Crippen LogP contribution in [0.5, 0.6) is 5.75 Å². The minimum atomic E-state index is -0.826. The number of rotatable bonds is 5. The minimum absolute atomic E-state index is 0.247. The summed E-state index contributed by atoms with van der Waals surface area (Å²) in [6.07, 6.45) is 12.4. The Morgan fingerprint density at radius 1 is 1.15 bits per heavy atom. The number of aromatic hydroxyl groups is 1. The standard InChI is InChI=1S/C22H31NO.2ClH.Zr/c1-3-4-5-23-14-19-6-15(2)7-20(21(19)24)22-11-16-8-17(12-22)10-18(9-16)13-22;;;/h6-7,14,16-18,24H,3-5,8-13H2,1-2H3;2*1H;/q;;;+2/p-2. The number of benzene rings is 1. The van der Waals surface area contributed by atoms with Gasteiger partial charge in [0.05, 0.1) is 0 Å². The van der Waals surface area contributed by atoms with E-state index < -0.39 is 20.8 Å². The first-order valence-electron chi connectivity index (χ1n) is 10.3. The number of aliphatic imine (C=N–C) groups is 1. The van der Waals surface area contributed by atoms with E-state index in [-0.39, 0.29) is 5.41 Å². The van der Waals surface area contributed by atoms with Crippen LogP contribution in [0.1, 0.15) is 75.0 Å². The molecule has 1 aromatic rings. The van der Waals surface area contributed by atoms with Crippen LogP contribution >= 0.6 is 17.0 Å². The Hall–Kier alpha value is 0.153. The summed E-state index contributed by atoms with van der Waals surface area (Å²) in [4.78, 5) is 4.54. The summed E-state index contributed by atoms with van der Waals surface area (Å²) in [6, 6.07) is 4.36. The molecule has 0 aromatic heterocycles. The van der Waals surface area contributed by atoms with Gasteiger partial charge in [-0.1, -0.05) is 19.4 Å². The molecule has 0 unspecified atom stereocenters. The second-order valence-corrected chi connectivity index (χ2v) is 12.6. The molecular formula is C22H31Cl2NOZr. The molecule has 0 atom stereocenters. The second kappa shape index (κ2) is 9.77. The molecule has 0 amide bonds. The van der Waals surface area contributed by atoms with Crippen molar-refractivity contribution in [3.63, 3.8) is 0 Å². The Bertz CT molecular complexity index is 641. The monoisotopic (exact) mass is 485 g/mol. The van der Waals surface area contributed by atoms with Crippen LogP contribution in [0.2, 0.25) is 0 Å². The second-order valence-electron chi connectivity index (χ2n) is 8.91. The summed E-state index contributed by atoms with van der Waals surface area (Å²) in [6.45, 7) is 5.20. The molecule has 5 heteroatoms. The number of phenols is 1. The molecule has 0 heterocycles. The van der Waals surface area contributed by atoms with Crippen molar-refractivity contribution < 1.29 is 26.0 Å². The molecule has 4 saturated carbocycles. The molecule has 4 aliphatic carbocycles. The third-order valence-corrected chi connectivity index (χ3v) is 6.76. The first-order chi connectivity index (χ1) is 13.0. The first kappa shape index (κ1) is 21.9. The maximum absolute atomic E-state index is 11.0. The first-order valence-corrected chi connectivity index (χ1v) is 16.6. The van der Waals surface area contributed by atoms with Crippen molar-refractivity contribution in [2.45, 2.75) is 70.6 Å². The zero-order chi connectivity index (χ0) is 19.4. The van der Waals surface area contributed by atoms with Crippen LogP contribution in [0.3, 0.4) is 0 Å². The van der Waals surface area contributed by atoms with E-state index in [1.165, 1.54) is 49.7 Å². The molecule has 4 bridgehead atoms. The molecule has 4 aliphatic rings. The van der Waals surface area contributed by atoms with Gasteiger partial charge in [0, 0.05) is 23.9 Å². The van der Waals surface area contributed by atoms with Gasteiger partial charge in [-0.2, -0.15) is 0 Å². The molecule has 0 spiro atoms. The fourth-order valence-corrected chi connectivity index (χ4v) is 6.16. The molecule has 0 aliphatic heterocycles. The molecule has 148 valence electrons. The summed E-state index contributed by atoms with van der Waals surface area (Å²) in [5.41, 5.74) is 3.67. The van der Waals surface area contributed by atoms with E-state index in [0.717, 1.165) is 42.7 Å². The van der Waals surface area contributed by atoms with E-state index in [1.54, 1.807) is 0 Å². The quantitative estimate of drug-likeness (QED) is 0.361. The molecule has 27 heavy (non-hydrogen) atoms. The normalized spacial score (nSPS) is 31.0. The van der Waals surface area contributed by atoms with Crippen molar-refractivity contribution in [3.05, 3.63) is 28.8 Å². The van der Waals surface area contributed by atoms with Gasteiger partial charge in [-0.15, -0.1) is 0 Å². The average Bonchev–Trinajstić information content (AvgIpc) is 2.60. The van der Waals surface area contributed by atoms with Gasteiger partial charge in [-0.25, -0.2) is 0 Å². The number of hydrogen-bond donors (Lipinski definition) is 1. The number of phenolic OH excluding ortho intramolecular Hbond substituents is 1. The number of halogens is 2. The van der Waals surface area contributed by atoms with Crippen molar-refractivity contribution in [1.29, 1.82) is 0 Å². The van der Waals surface area contributed by atoms with Crippen LogP contribution in [0.25, 0.3) is 0 Å². The van der Waals surface area contributed by atoms with E-state index in [4.69, 9.17) is 17.0 Å². The summed E-state index contributed by atoms with van der Waals surface area (Å²) in [5, 5.41) is 11.0. The van der Waals surface area contributed by atoms with Gasteiger partial charge >= 0.3 is 37.9 Å². The van der Waals surface area contributed by atoms with Crippen molar-refractivity contribution in [2.75, 3.05) is 6.54 Å². The Kier molecular flexibility index (Phi) is 7.91. The molecular weight excluding hydrogens is 456 g/mol. The number of nitrogens with zero attached hydrogens (tertiary/aromatic N) is 1. The van der Waals surface area contributed by atoms with Crippen LogP contribution in [0.15, 0.2) is 17.1 Å². The number of hydrogen-bond acceptors (Lipinski definition) is 2. The van der Waals surface area contributed by atoms with Crippen LogP contribution in [-0.2, 0) is 26.3 Å². The van der Waals surface area contributed by atoms with Gasteiger partial charge in [0.2, 0.25) is 0 Å². The van der Waals surface area contributed by atoms with Crippen molar-refractivity contribution >= 4 is 23.2 Å². The number of aryl methyl sites for hydroxylation is 1. The van der Waals surface area contributed by atoms with Gasteiger partial charge in [-0.05, 0) is 86.7 Å². The molecule has 0 saturated heterocycles. The third-order valence-electron chi connectivity index (χ3n) is 6.76. The van der Waals surface area contributed by atoms with Gasteiger partial charge in [0.25, 0.3) is 0 Å². The molecule has 1 aromatic carbocycles. The van der Waals surface area contributed by atoms with Crippen molar-refractivity contribution in [1.82, 2.24) is 0 Å². The molecule has 4 fully saturated rings. The van der Waals surface area contributed by atoms with Gasteiger partial charge in [0.15, 0.2) is 0 Å². The van der Waals surface area contributed by atoms with Crippen molar-refractivity contribution in [3.8, 4) is 5.75 Å². The van der Waals surface area contributed by atoms with E-state index in [1.807, 2.05) is 6.21 Å². The van der Waals surface area contributed by atoms with Crippen LogP contribution in [0.4, 0.5) is 0 Å². The molecule has 5 rings (SSSR count). The fraction of sp³-hybridized carbons (Fsp3) is 0.682. The predicted octanol–water partition coefficient (Wildman–Crippen LogP) is 6.76. The zero-order valence-corrected chi connectivity index (χ0v) is 20.4. The number of unbranched alkanes of at least 4 members (excludes halogenated alkanes) is 1. The summed E-state index contributed by atoms with van der Waals surface area (Å²) in [5.74, 6) is 3.22. The van der Waals surface area contributed by atoms with E-state index in [9.17, 15) is 5.11 Å². The van der Waals surface area contributed by atoms with Crippen molar-refractivity contribution in [2.24, 2.45) is 22.7 Å². The van der Waals surface area contributed by atoms with E-state index >= 15 is 0 Å². The van der Waals surface area contributed by atoms with Crippen LogP contribution < -0.4 is 0 Å². The van der Waals surface area contributed by atoms with Gasteiger partial charge in [0.1, 0.15) is 5.75 Å². The molecule has 2 nitrogen and oxygen atoms in total. The average molecular weight is 488 g/mol. The molecule has 0 radical (unpaired) electrons. The Balaban J connectivity index is 0.000000659. The van der Waals surface area contributed by atoms with Gasteiger partial charge < -0.3 is 5.11 Å². The zero-order valence-electron chi connectivity index (χ0n) is 16.5. The van der Waals surface area contributed by atoms with Gasteiger partial charge in [-0.3, -0.25) is 4.99 Å². The van der Waals surface area contributed by atoms with E-state index in [2.05, 4.69) is 31.0 Å². The fourth-order valence-electron chi connectivity index (χ4n) is 6.16. The van der Waals surface area contributed by atoms with Crippen LogP contribution in [0, 0.1) is 24.7 Å². The Morgan fingerprint density at radius 3 is 2.22 bits per heavy atom. The summed E-state index contributed by atoms with van der Waals surface area (Å²) < 4.78 is 0. The SMILES string of the molecule is CCCCN=Cc1cc(C)cc(C23CC4CC(CC(C4)C2)C3)c1O.[Cl][Zr][Cl]. The third kappa shape index (κ3) is 5.02. The van der Waals surface area contributed by atoms with E-state index in [0.29, 0.717) is 5.75 Å². The molecule has 1 N–H and O–H groups in total. The Morgan fingerprint density at radius 2 is 1.70 bits per heavy atom. The topological polar surface area (TPSA) is 32.6 Å².